The van der Waals surface area contributed by atoms with Crippen molar-refractivity contribution in [2.75, 3.05) is 26.9 Å². The maximum Gasteiger partial charge on any atom is 0.295 e. The molecule has 146 valence electrons. The van der Waals surface area contributed by atoms with Gasteiger partial charge in [0.15, 0.2) is 0 Å². The van der Waals surface area contributed by atoms with Crippen LogP contribution in [0.15, 0.2) is 54.4 Å². The maximum absolute atomic E-state index is 12.8. The van der Waals surface area contributed by atoms with Crippen LogP contribution in [0.4, 0.5) is 0 Å². The number of aromatic nitrogens is 1. The molecule has 1 amide bonds. The highest BCUT2D eigenvalue weighted by molar-refractivity contribution is 6.46. The molecular weight excluding hydrogens is 360 g/mol. The number of ketones is 1. The average Bonchev–Trinajstić information content (AvgIpc) is 2.97. The number of benzene rings is 1. The first-order chi connectivity index (χ1) is 13.6. The standard InChI is InChI=1S/C21H22N2O5/c1-3-28-16-8-4-6-14(12-16)19(24)17-18(15-7-5-9-22-13-15)23(10-11-27-2)21(26)20(17)25/h4-9,12-13,18,24H,3,10-11H2,1-2H3/b19-17+. The van der Waals surface area contributed by atoms with E-state index in [1.54, 1.807) is 48.8 Å². The molecule has 1 unspecified atom stereocenters. The molecule has 1 aromatic heterocycles. The molecule has 7 nitrogen and oxygen atoms in total. The molecule has 1 fully saturated rings. The summed E-state index contributed by atoms with van der Waals surface area (Å²) >= 11 is 0. The van der Waals surface area contributed by atoms with E-state index in [9.17, 15) is 14.7 Å². The summed E-state index contributed by atoms with van der Waals surface area (Å²) in [5.41, 5.74) is 1.08. The molecule has 2 aromatic rings. The molecule has 1 atom stereocenters. The van der Waals surface area contributed by atoms with Crippen LogP contribution in [-0.4, -0.2) is 53.5 Å². The van der Waals surface area contributed by atoms with Crippen LogP contribution in [0, 0.1) is 0 Å². The third-order valence-corrected chi connectivity index (χ3v) is 4.49. The summed E-state index contributed by atoms with van der Waals surface area (Å²) in [6.07, 6.45) is 3.19. The summed E-state index contributed by atoms with van der Waals surface area (Å²) in [4.78, 5) is 30.9. The Labute approximate surface area is 163 Å². The Balaban J connectivity index is 2.12. The van der Waals surface area contributed by atoms with Gasteiger partial charge in [0.2, 0.25) is 0 Å². The first-order valence-electron chi connectivity index (χ1n) is 8.99. The van der Waals surface area contributed by atoms with Gasteiger partial charge in [-0.2, -0.15) is 0 Å². The number of aliphatic hydroxyl groups excluding tert-OH is 1. The monoisotopic (exact) mass is 382 g/mol. The van der Waals surface area contributed by atoms with Crippen LogP contribution in [-0.2, 0) is 14.3 Å². The van der Waals surface area contributed by atoms with E-state index in [4.69, 9.17) is 9.47 Å². The number of methoxy groups -OCH3 is 1. The van der Waals surface area contributed by atoms with Crippen LogP contribution in [0.3, 0.4) is 0 Å². The topological polar surface area (TPSA) is 89.0 Å². The lowest BCUT2D eigenvalue weighted by atomic mass is 9.96. The number of hydrogen-bond acceptors (Lipinski definition) is 6. The number of ether oxygens (including phenoxy) is 2. The van der Waals surface area contributed by atoms with Crippen LogP contribution in [0.5, 0.6) is 5.75 Å². The predicted octanol–water partition coefficient (Wildman–Crippen LogP) is 2.55. The molecule has 1 aliphatic rings. The number of rotatable bonds is 7. The van der Waals surface area contributed by atoms with Crippen molar-refractivity contribution in [1.29, 1.82) is 0 Å². The normalized spacial score (nSPS) is 18.5. The third-order valence-electron chi connectivity index (χ3n) is 4.49. The van der Waals surface area contributed by atoms with Gasteiger partial charge < -0.3 is 19.5 Å². The predicted molar refractivity (Wildman–Crippen MR) is 103 cm³/mol. The molecule has 1 aliphatic heterocycles. The summed E-state index contributed by atoms with van der Waals surface area (Å²) in [7, 11) is 1.52. The maximum atomic E-state index is 12.8. The molecule has 1 saturated heterocycles. The fraction of sp³-hybridized carbons (Fsp3) is 0.286. The average molecular weight is 382 g/mol. The molecular formula is C21H22N2O5. The van der Waals surface area contributed by atoms with Crippen molar-refractivity contribution >= 4 is 17.4 Å². The van der Waals surface area contributed by atoms with Crippen molar-refractivity contribution in [2.24, 2.45) is 0 Å². The number of amides is 1. The van der Waals surface area contributed by atoms with Crippen molar-refractivity contribution in [3.8, 4) is 5.75 Å². The van der Waals surface area contributed by atoms with E-state index in [1.807, 2.05) is 6.92 Å². The molecule has 0 spiro atoms. The highest BCUT2D eigenvalue weighted by Crippen LogP contribution is 2.39. The number of carbonyl (C=O) groups excluding carboxylic acids is 2. The van der Waals surface area contributed by atoms with Crippen molar-refractivity contribution in [2.45, 2.75) is 13.0 Å². The van der Waals surface area contributed by atoms with Crippen molar-refractivity contribution in [1.82, 2.24) is 9.88 Å². The number of likely N-dealkylation sites (tertiary alicyclic amines) is 1. The largest absolute Gasteiger partial charge is 0.507 e. The van der Waals surface area contributed by atoms with E-state index in [0.717, 1.165) is 0 Å². The molecule has 0 bridgehead atoms. The number of carbonyl (C=O) groups is 2. The molecule has 2 heterocycles. The molecule has 7 heteroatoms. The van der Waals surface area contributed by atoms with E-state index in [2.05, 4.69) is 4.98 Å². The number of nitrogens with zero attached hydrogens (tertiary/aromatic N) is 2. The quantitative estimate of drug-likeness (QED) is 0.450. The molecule has 0 aliphatic carbocycles. The van der Waals surface area contributed by atoms with Gasteiger partial charge in [-0.1, -0.05) is 18.2 Å². The third kappa shape index (κ3) is 3.75. The molecule has 1 aromatic carbocycles. The smallest absolute Gasteiger partial charge is 0.295 e. The fourth-order valence-corrected chi connectivity index (χ4v) is 3.24. The number of hydrogen-bond donors (Lipinski definition) is 1. The summed E-state index contributed by atoms with van der Waals surface area (Å²) in [5, 5.41) is 10.9. The van der Waals surface area contributed by atoms with E-state index < -0.39 is 17.7 Å². The Morgan fingerprint density at radius 2 is 2.07 bits per heavy atom. The summed E-state index contributed by atoms with van der Waals surface area (Å²) in [5.74, 6) is -1.08. The summed E-state index contributed by atoms with van der Waals surface area (Å²) in [6, 6.07) is 9.55. The number of Topliss-reactive ketones (excluding diaryl/α,β-unsaturated/α-hetero) is 1. The minimum Gasteiger partial charge on any atom is -0.507 e. The van der Waals surface area contributed by atoms with Gasteiger partial charge in [0.25, 0.3) is 11.7 Å². The zero-order valence-corrected chi connectivity index (χ0v) is 15.8. The van der Waals surface area contributed by atoms with Gasteiger partial charge in [-0.3, -0.25) is 14.6 Å². The molecule has 0 saturated carbocycles. The van der Waals surface area contributed by atoms with Crippen LogP contribution >= 0.6 is 0 Å². The van der Waals surface area contributed by atoms with E-state index in [-0.39, 0.29) is 24.5 Å². The second-order valence-corrected chi connectivity index (χ2v) is 6.23. The zero-order chi connectivity index (χ0) is 20.1. The molecule has 0 radical (unpaired) electrons. The molecule has 3 rings (SSSR count). The summed E-state index contributed by atoms with van der Waals surface area (Å²) < 4.78 is 10.5. The second kappa shape index (κ2) is 8.67. The van der Waals surface area contributed by atoms with Gasteiger partial charge in [-0.05, 0) is 30.7 Å². The van der Waals surface area contributed by atoms with Crippen molar-refractivity contribution < 1.29 is 24.2 Å². The van der Waals surface area contributed by atoms with E-state index in [1.165, 1.54) is 12.0 Å². The van der Waals surface area contributed by atoms with Crippen LogP contribution in [0.1, 0.15) is 24.1 Å². The Hall–Kier alpha value is -3.19. The first-order valence-corrected chi connectivity index (χ1v) is 8.99. The lowest BCUT2D eigenvalue weighted by molar-refractivity contribution is -0.140. The lowest BCUT2D eigenvalue weighted by Crippen LogP contribution is -2.32. The minimum absolute atomic E-state index is 0.0303. The van der Waals surface area contributed by atoms with E-state index >= 15 is 0 Å². The SMILES string of the molecule is CCOc1cccc(/C(O)=C2\C(=O)C(=O)N(CCOC)C2c2cccnc2)c1. The highest BCUT2D eigenvalue weighted by atomic mass is 16.5. The molecule has 28 heavy (non-hydrogen) atoms. The second-order valence-electron chi connectivity index (χ2n) is 6.23. The number of aliphatic hydroxyl groups is 1. The Morgan fingerprint density at radius 3 is 2.75 bits per heavy atom. The van der Waals surface area contributed by atoms with Crippen LogP contribution in [0.25, 0.3) is 5.76 Å². The Bertz CT molecular complexity index is 895. The molecule has 1 N–H and O–H groups in total. The van der Waals surface area contributed by atoms with Crippen molar-refractivity contribution in [3.05, 3.63) is 65.5 Å². The van der Waals surface area contributed by atoms with Gasteiger partial charge in [0.05, 0.1) is 24.8 Å². The lowest BCUT2D eigenvalue weighted by Gasteiger charge is -2.24. The number of pyridine rings is 1. The van der Waals surface area contributed by atoms with E-state index in [0.29, 0.717) is 23.5 Å². The zero-order valence-electron chi connectivity index (χ0n) is 15.8. The van der Waals surface area contributed by atoms with Gasteiger partial charge in [0.1, 0.15) is 11.5 Å². The van der Waals surface area contributed by atoms with Gasteiger partial charge in [0, 0.05) is 31.6 Å². The highest BCUT2D eigenvalue weighted by Gasteiger charge is 2.45. The fourth-order valence-electron chi connectivity index (χ4n) is 3.24. The van der Waals surface area contributed by atoms with Gasteiger partial charge in [-0.25, -0.2) is 0 Å². The Morgan fingerprint density at radius 1 is 1.25 bits per heavy atom. The van der Waals surface area contributed by atoms with Crippen LogP contribution in [0.2, 0.25) is 0 Å². The summed E-state index contributed by atoms with van der Waals surface area (Å²) in [6.45, 7) is 2.82. The Kier molecular flexibility index (Phi) is 6.06. The van der Waals surface area contributed by atoms with Gasteiger partial charge >= 0.3 is 0 Å². The minimum atomic E-state index is -0.736. The van der Waals surface area contributed by atoms with Crippen molar-refractivity contribution in [3.63, 3.8) is 0 Å². The first kappa shape index (κ1) is 19.6. The van der Waals surface area contributed by atoms with Gasteiger partial charge in [-0.15, -0.1) is 0 Å². The van der Waals surface area contributed by atoms with Crippen LogP contribution < -0.4 is 4.74 Å².